The van der Waals surface area contributed by atoms with E-state index in [9.17, 15) is 17.5 Å². The zero-order chi connectivity index (χ0) is 23.7. The average molecular weight is 494 g/mol. The van der Waals surface area contributed by atoms with Crippen LogP contribution in [0.25, 0.3) is 0 Å². The van der Waals surface area contributed by atoms with E-state index in [0.29, 0.717) is 51.5 Å². The fraction of sp³-hybridized carbons (Fsp3) is 0.565. The molecule has 0 radical (unpaired) electrons. The highest BCUT2D eigenvalue weighted by molar-refractivity contribution is 7.79. The zero-order valence-corrected chi connectivity index (χ0v) is 19.7. The lowest BCUT2D eigenvalue weighted by atomic mass is 9.93. The number of ether oxygens (including phenoxy) is 1. The van der Waals surface area contributed by atoms with Gasteiger partial charge in [0.25, 0.3) is 0 Å². The standard InChI is InChI=1S/C23H29F2N5O3S/c24-15-4-5-21(18(25)12-15)33-17-6-10-30(11-7-17)23-22(26-16-2-1-3-16)27-20-13-29(14-34(31)32)9-8-19(20)28-23/h4-5,12,16-17H,1-3,6-11,13-14H2,(H,26,27)(H,31,32). The highest BCUT2D eigenvalue weighted by Gasteiger charge is 2.29. The Labute approximate surface area is 200 Å². The molecule has 1 aromatic carbocycles. The van der Waals surface area contributed by atoms with Crippen LogP contribution in [0.5, 0.6) is 5.75 Å². The monoisotopic (exact) mass is 493 g/mol. The topological polar surface area (TPSA) is 90.8 Å². The van der Waals surface area contributed by atoms with Gasteiger partial charge in [0.1, 0.15) is 17.8 Å². The predicted octanol–water partition coefficient (Wildman–Crippen LogP) is 3.30. The van der Waals surface area contributed by atoms with E-state index in [1.165, 1.54) is 18.6 Å². The summed E-state index contributed by atoms with van der Waals surface area (Å²) in [6, 6.07) is 3.76. The quantitative estimate of drug-likeness (QED) is 0.568. The van der Waals surface area contributed by atoms with Crippen molar-refractivity contribution in [2.24, 2.45) is 0 Å². The molecule has 0 bridgehead atoms. The maximum absolute atomic E-state index is 14.0. The van der Waals surface area contributed by atoms with Crippen LogP contribution < -0.4 is 15.0 Å². The number of aromatic nitrogens is 2. The van der Waals surface area contributed by atoms with Crippen molar-refractivity contribution < 1.29 is 22.3 Å². The third kappa shape index (κ3) is 5.31. The summed E-state index contributed by atoms with van der Waals surface area (Å²) in [7, 11) is 0. The second-order valence-electron chi connectivity index (χ2n) is 9.19. The number of nitrogens with one attached hydrogen (secondary N) is 1. The van der Waals surface area contributed by atoms with E-state index in [1.807, 2.05) is 4.90 Å². The number of hydrogen-bond acceptors (Lipinski definition) is 7. The molecular weight excluding hydrogens is 464 g/mol. The second kappa shape index (κ2) is 10.1. The van der Waals surface area contributed by atoms with Crippen LogP contribution in [0.2, 0.25) is 0 Å². The predicted molar refractivity (Wildman–Crippen MR) is 125 cm³/mol. The molecule has 11 heteroatoms. The molecule has 5 rings (SSSR count). The molecule has 0 amide bonds. The number of piperidine rings is 1. The van der Waals surface area contributed by atoms with Gasteiger partial charge in [0.15, 0.2) is 34.3 Å². The molecule has 8 nitrogen and oxygen atoms in total. The van der Waals surface area contributed by atoms with Gasteiger partial charge in [0.05, 0.1) is 11.4 Å². The van der Waals surface area contributed by atoms with Gasteiger partial charge in [-0.05, 0) is 31.4 Å². The van der Waals surface area contributed by atoms with E-state index < -0.39 is 22.7 Å². The smallest absolute Gasteiger partial charge is 0.172 e. The second-order valence-corrected chi connectivity index (χ2v) is 10.1. The number of nitrogens with zero attached hydrogens (tertiary/aromatic N) is 4. The maximum Gasteiger partial charge on any atom is 0.172 e. The minimum atomic E-state index is -1.88. The summed E-state index contributed by atoms with van der Waals surface area (Å²) in [6.45, 7) is 2.56. The summed E-state index contributed by atoms with van der Waals surface area (Å²) in [5.41, 5.74) is 1.79. The molecule has 2 fully saturated rings. The van der Waals surface area contributed by atoms with Crippen molar-refractivity contribution in [3.63, 3.8) is 0 Å². The first kappa shape index (κ1) is 23.4. The van der Waals surface area contributed by atoms with E-state index in [2.05, 4.69) is 10.2 Å². The van der Waals surface area contributed by atoms with Gasteiger partial charge in [-0.1, -0.05) is 0 Å². The molecule has 3 heterocycles. The van der Waals surface area contributed by atoms with Gasteiger partial charge in [-0.15, -0.1) is 0 Å². The van der Waals surface area contributed by atoms with Crippen LogP contribution in [0.15, 0.2) is 18.2 Å². The van der Waals surface area contributed by atoms with Crippen LogP contribution in [0.3, 0.4) is 0 Å². The SMILES string of the molecule is O=S(O)CN1CCc2nc(N3CCC(Oc4ccc(F)cc4F)CC3)c(NC3CCC3)nc2C1. The molecule has 1 atom stereocenters. The molecule has 1 aliphatic carbocycles. The first-order valence-electron chi connectivity index (χ1n) is 11.8. The van der Waals surface area contributed by atoms with Crippen molar-refractivity contribution in [1.82, 2.24) is 14.9 Å². The Morgan fingerprint density at radius 1 is 1.12 bits per heavy atom. The van der Waals surface area contributed by atoms with Gasteiger partial charge in [-0.3, -0.25) is 4.90 Å². The molecule has 34 heavy (non-hydrogen) atoms. The summed E-state index contributed by atoms with van der Waals surface area (Å²) >= 11 is -1.88. The summed E-state index contributed by atoms with van der Waals surface area (Å²) in [5, 5.41) is 3.55. The molecule has 2 N–H and O–H groups in total. The lowest BCUT2D eigenvalue weighted by Gasteiger charge is -2.36. The minimum Gasteiger partial charge on any atom is -0.487 e. The highest BCUT2D eigenvalue weighted by atomic mass is 32.2. The Morgan fingerprint density at radius 2 is 1.91 bits per heavy atom. The van der Waals surface area contributed by atoms with Gasteiger partial charge in [-0.2, -0.15) is 0 Å². The van der Waals surface area contributed by atoms with Gasteiger partial charge >= 0.3 is 0 Å². The van der Waals surface area contributed by atoms with Crippen molar-refractivity contribution in [2.75, 3.05) is 35.7 Å². The summed E-state index contributed by atoms with van der Waals surface area (Å²) < 4.78 is 53.5. The molecule has 3 aliphatic rings. The van der Waals surface area contributed by atoms with Crippen LogP contribution in [-0.2, 0) is 24.0 Å². The average Bonchev–Trinajstić information content (AvgIpc) is 2.78. The number of rotatable bonds is 7. The number of benzene rings is 1. The normalized spacial score (nSPS) is 20.5. The Morgan fingerprint density at radius 3 is 2.59 bits per heavy atom. The molecule has 1 aromatic heterocycles. The number of fused-ring (bicyclic) bond motifs is 1. The van der Waals surface area contributed by atoms with Gasteiger partial charge in [0.2, 0.25) is 0 Å². The lowest BCUT2D eigenvalue weighted by molar-refractivity contribution is 0.163. The number of anilines is 2. The van der Waals surface area contributed by atoms with E-state index in [0.717, 1.165) is 41.9 Å². The largest absolute Gasteiger partial charge is 0.487 e. The van der Waals surface area contributed by atoms with E-state index in [1.54, 1.807) is 0 Å². The Bertz CT molecular complexity index is 1060. The fourth-order valence-electron chi connectivity index (χ4n) is 4.64. The maximum atomic E-state index is 14.0. The zero-order valence-electron chi connectivity index (χ0n) is 18.9. The molecule has 184 valence electrons. The molecule has 1 saturated carbocycles. The van der Waals surface area contributed by atoms with E-state index >= 15 is 0 Å². The fourth-order valence-corrected chi connectivity index (χ4v) is 5.17. The first-order valence-corrected chi connectivity index (χ1v) is 13.0. The summed E-state index contributed by atoms with van der Waals surface area (Å²) in [6.07, 6.45) is 5.31. The summed E-state index contributed by atoms with van der Waals surface area (Å²) in [5.74, 6) is 0.472. The van der Waals surface area contributed by atoms with Crippen molar-refractivity contribution in [3.05, 3.63) is 41.2 Å². The van der Waals surface area contributed by atoms with Gasteiger partial charge < -0.3 is 19.5 Å². The minimum absolute atomic E-state index is 0.0779. The third-order valence-electron chi connectivity index (χ3n) is 6.74. The molecule has 0 spiro atoms. The molecule has 2 aliphatic heterocycles. The van der Waals surface area contributed by atoms with Crippen LogP contribution in [0.4, 0.5) is 20.4 Å². The summed E-state index contributed by atoms with van der Waals surface area (Å²) in [4.78, 5) is 14.0. The Hall–Kier alpha value is -2.37. The molecule has 1 saturated heterocycles. The van der Waals surface area contributed by atoms with Crippen molar-refractivity contribution in [2.45, 2.75) is 57.2 Å². The number of hydrogen-bond donors (Lipinski definition) is 2. The van der Waals surface area contributed by atoms with Crippen molar-refractivity contribution >= 4 is 22.7 Å². The molecule has 2 aromatic rings. The van der Waals surface area contributed by atoms with E-state index in [4.69, 9.17) is 14.7 Å². The van der Waals surface area contributed by atoms with Crippen molar-refractivity contribution in [1.29, 1.82) is 0 Å². The highest BCUT2D eigenvalue weighted by Crippen LogP contribution is 2.32. The first-order chi connectivity index (χ1) is 16.4. The van der Waals surface area contributed by atoms with Crippen LogP contribution in [-0.4, -0.2) is 61.3 Å². The molecule has 1 unspecified atom stereocenters. The lowest BCUT2D eigenvalue weighted by Crippen LogP contribution is -2.41. The molecular formula is C23H29F2N5O3S. The van der Waals surface area contributed by atoms with Crippen LogP contribution in [0, 0.1) is 11.6 Å². The van der Waals surface area contributed by atoms with Crippen molar-refractivity contribution in [3.8, 4) is 5.75 Å². The van der Waals surface area contributed by atoms with Gasteiger partial charge in [0, 0.05) is 57.5 Å². The number of halogens is 2. The Kier molecular flexibility index (Phi) is 6.94. The Balaban J connectivity index is 1.30. The van der Waals surface area contributed by atoms with Crippen LogP contribution in [0.1, 0.15) is 43.5 Å². The van der Waals surface area contributed by atoms with Gasteiger partial charge in [-0.25, -0.2) is 23.0 Å². The van der Waals surface area contributed by atoms with E-state index in [-0.39, 0.29) is 17.7 Å². The van der Waals surface area contributed by atoms with Crippen LogP contribution >= 0.6 is 0 Å². The third-order valence-corrected chi connectivity index (χ3v) is 7.32.